The first-order valence-corrected chi connectivity index (χ1v) is 13.4. The quantitative estimate of drug-likeness (QED) is 0.231. The average Bonchev–Trinajstić information content (AvgIpc) is 3.15. The van der Waals surface area contributed by atoms with Crippen molar-refractivity contribution in [1.29, 1.82) is 0 Å². The zero-order valence-electron chi connectivity index (χ0n) is 22.2. The van der Waals surface area contributed by atoms with Gasteiger partial charge in [-0.2, -0.15) is 0 Å². The second-order valence-electron chi connectivity index (χ2n) is 10.0. The number of carbonyl (C=O) groups is 2. The van der Waals surface area contributed by atoms with Gasteiger partial charge < -0.3 is 24.4 Å². The molecule has 1 N–H and O–H groups in total. The second kappa shape index (κ2) is 12.4. The van der Waals surface area contributed by atoms with E-state index < -0.39 is 17.7 Å². The van der Waals surface area contributed by atoms with Crippen LogP contribution >= 0.6 is 0 Å². The number of hydrogen-bond acceptors (Lipinski definition) is 5. The maximum atomic E-state index is 13.8. The van der Waals surface area contributed by atoms with Gasteiger partial charge in [0, 0.05) is 18.5 Å². The highest BCUT2D eigenvalue weighted by atomic mass is 16.5. The number of morpholine rings is 1. The van der Waals surface area contributed by atoms with E-state index in [0.29, 0.717) is 24.5 Å². The monoisotopic (exact) mass is 506 g/mol. The highest BCUT2D eigenvalue weighted by Gasteiger charge is 2.44. The zero-order valence-corrected chi connectivity index (χ0v) is 22.2. The predicted molar refractivity (Wildman–Crippen MR) is 140 cm³/mol. The van der Waals surface area contributed by atoms with E-state index in [1.54, 1.807) is 17.0 Å². The third-order valence-electron chi connectivity index (χ3n) is 7.26. The van der Waals surface area contributed by atoms with Crippen LogP contribution in [0, 0.1) is 13.8 Å². The number of ether oxygens (including phenoxy) is 2. The number of Topliss-reactive ketones (excluding diaryl/α,β-unsaturated/α-hetero) is 1. The van der Waals surface area contributed by atoms with E-state index in [1.807, 2.05) is 44.2 Å². The van der Waals surface area contributed by atoms with Crippen molar-refractivity contribution in [3.05, 3.63) is 70.3 Å². The Labute approximate surface area is 219 Å². The summed E-state index contributed by atoms with van der Waals surface area (Å²) in [5, 5.41) is 13.8. The Morgan fingerprint density at radius 3 is 2.49 bits per heavy atom. The Balaban J connectivity index is 1.64. The van der Waals surface area contributed by atoms with Crippen molar-refractivity contribution in [1.82, 2.24) is 4.90 Å². The topological polar surface area (TPSA) is 83.3 Å². The lowest BCUT2D eigenvalue weighted by Gasteiger charge is -2.29. The van der Waals surface area contributed by atoms with E-state index in [9.17, 15) is 14.7 Å². The minimum Gasteiger partial charge on any atom is -0.872 e. The summed E-state index contributed by atoms with van der Waals surface area (Å²) in [5.41, 5.74) is 3.04. The van der Waals surface area contributed by atoms with Crippen molar-refractivity contribution in [2.24, 2.45) is 0 Å². The number of nitrogens with zero attached hydrogens (tertiary/aromatic N) is 1. The fourth-order valence-electron chi connectivity index (χ4n) is 5.07. The average molecular weight is 507 g/mol. The van der Waals surface area contributed by atoms with Crippen LogP contribution in [0.4, 0.5) is 0 Å². The molecular weight excluding hydrogens is 468 g/mol. The molecule has 198 valence electrons. The van der Waals surface area contributed by atoms with Crippen LogP contribution < -0.4 is 14.7 Å². The van der Waals surface area contributed by atoms with Crippen molar-refractivity contribution in [3.8, 4) is 5.75 Å². The van der Waals surface area contributed by atoms with Crippen LogP contribution in [0.15, 0.2) is 48.0 Å². The molecule has 7 heteroatoms. The van der Waals surface area contributed by atoms with Gasteiger partial charge in [-0.05, 0) is 49.1 Å². The molecule has 2 aromatic carbocycles. The normalized spacial score (nSPS) is 20.0. The summed E-state index contributed by atoms with van der Waals surface area (Å²) in [6.07, 6.45) is 2.74. The van der Waals surface area contributed by atoms with E-state index in [1.165, 1.54) is 4.90 Å². The fraction of sp³-hybridized carbons (Fsp3) is 0.467. The number of benzene rings is 2. The predicted octanol–water partition coefficient (Wildman–Crippen LogP) is 2.01. The number of ketones is 1. The van der Waals surface area contributed by atoms with Gasteiger partial charge in [0.1, 0.15) is 18.8 Å². The molecule has 2 aromatic rings. The highest BCUT2D eigenvalue weighted by molar-refractivity contribution is 6.46. The number of unbranched alkanes of at least 4 members (excludes halogenated alkanes) is 1. The molecule has 7 nitrogen and oxygen atoms in total. The molecule has 2 aliphatic heterocycles. The Hall–Kier alpha value is -3.16. The molecule has 0 spiro atoms. The smallest absolute Gasteiger partial charge is 0.295 e. The summed E-state index contributed by atoms with van der Waals surface area (Å²) in [6.45, 7) is 11.2. The van der Waals surface area contributed by atoms with E-state index in [4.69, 9.17) is 9.47 Å². The van der Waals surface area contributed by atoms with Gasteiger partial charge in [-0.1, -0.05) is 55.0 Å². The molecular formula is C30H38N2O5. The minimum atomic E-state index is -0.697. The summed E-state index contributed by atoms with van der Waals surface area (Å²) >= 11 is 0. The van der Waals surface area contributed by atoms with Gasteiger partial charge in [0.15, 0.2) is 0 Å². The van der Waals surface area contributed by atoms with Gasteiger partial charge in [-0.15, -0.1) is 0 Å². The van der Waals surface area contributed by atoms with Crippen LogP contribution in [0.25, 0.3) is 5.76 Å². The van der Waals surface area contributed by atoms with Crippen LogP contribution in [0.2, 0.25) is 0 Å². The Kier molecular flexibility index (Phi) is 9.00. The molecule has 1 unspecified atom stereocenters. The van der Waals surface area contributed by atoms with Crippen LogP contribution in [0.5, 0.6) is 5.75 Å². The van der Waals surface area contributed by atoms with Crippen LogP contribution in [0.1, 0.15) is 54.5 Å². The van der Waals surface area contributed by atoms with Crippen LogP contribution in [-0.2, 0) is 14.3 Å². The molecule has 4 rings (SSSR count). The number of aryl methyl sites for hydroxylation is 2. The molecule has 0 saturated carbocycles. The Morgan fingerprint density at radius 2 is 1.81 bits per heavy atom. The number of likely N-dealkylation sites (tertiary alicyclic amines) is 1. The summed E-state index contributed by atoms with van der Waals surface area (Å²) in [4.78, 5) is 29.6. The molecule has 37 heavy (non-hydrogen) atoms. The van der Waals surface area contributed by atoms with Crippen LogP contribution in [0.3, 0.4) is 0 Å². The van der Waals surface area contributed by atoms with Gasteiger partial charge in [0.2, 0.25) is 5.78 Å². The van der Waals surface area contributed by atoms with Gasteiger partial charge >= 0.3 is 0 Å². The minimum absolute atomic E-state index is 0.0373. The van der Waals surface area contributed by atoms with Gasteiger partial charge in [-0.25, -0.2) is 0 Å². The molecule has 2 saturated heterocycles. The molecule has 0 aromatic heterocycles. The summed E-state index contributed by atoms with van der Waals surface area (Å²) in [6, 6.07) is 12.3. The van der Waals surface area contributed by atoms with Crippen molar-refractivity contribution >= 4 is 17.4 Å². The summed E-state index contributed by atoms with van der Waals surface area (Å²) in [5.74, 6) is -0.980. The standard InChI is InChI=1S/C30H38N2O5/c1-4-5-17-37-24-11-12-25(22(3)20-24)28(33)26-27(23-9-7-21(2)8-10-23)32(30(35)29(26)34)14-6-13-31-15-18-36-19-16-31/h7-12,20,27,33H,4-6,13-19H2,1-3H3/b28-26+. The summed E-state index contributed by atoms with van der Waals surface area (Å²) < 4.78 is 11.2. The molecule has 0 aliphatic carbocycles. The molecule has 0 radical (unpaired) electrons. The number of quaternary nitrogens is 1. The third-order valence-corrected chi connectivity index (χ3v) is 7.26. The lowest BCUT2D eigenvalue weighted by atomic mass is 9.93. The Bertz CT molecular complexity index is 1140. The first kappa shape index (κ1) is 26.9. The second-order valence-corrected chi connectivity index (χ2v) is 10.0. The molecule has 2 heterocycles. The van der Waals surface area contributed by atoms with E-state index >= 15 is 0 Å². The molecule has 0 bridgehead atoms. The molecule has 1 atom stereocenters. The van der Waals surface area contributed by atoms with E-state index in [2.05, 4.69) is 6.92 Å². The maximum Gasteiger partial charge on any atom is 0.295 e. The van der Waals surface area contributed by atoms with Crippen molar-refractivity contribution in [3.63, 3.8) is 0 Å². The van der Waals surface area contributed by atoms with Gasteiger partial charge in [0.05, 0.1) is 32.4 Å². The molecule has 1 amide bonds. The summed E-state index contributed by atoms with van der Waals surface area (Å²) in [7, 11) is 0. The number of hydrogen-bond donors (Lipinski definition) is 1. The van der Waals surface area contributed by atoms with E-state index in [0.717, 1.165) is 68.8 Å². The van der Waals surface area contributed by atoms with Crippen molar-refractivity contribution in [2.45, 2.75) is 46.1 Å². The van der Waals surface area contributed by atoms with E-state index in [-0.39, 0.29) is 11.3 Å². The fourth-order valence-corrected chi connectivity index (χ4v) is 5.07. The maximum absolute atomic E-state index is 13.8. The zero-order chi connectivity index (χ0) is 26.4. The SMILES string of the molecule is CCCCOc1ccc(/C([O-])=C2\C(=O)C(=O)N(CCC[NH+]3CCOCC3)C2c2ccc(C)cc2)c(C)c1. The number of amides is 1. The Morgan fingerprint density at radius 1 is 1.08 bits per heavy atom. The van der Waals surface area contributed by atoms with Crippen LogP contribution in [-0.4, -0.2) is 62.6 Å². The molecule has 2 aliphatic rings. The van der Waals surface area contributed by atoms with Crippen molar-refractivity contribution in [2.75, 3.05) is 46.0 Å². The highest BCUT2D eigenvalue weighted by Crippen LogP contribution is 2.39. The van der Waals surface area contributed by atoms with Crippen molar-refractivity contribution < 1.29 is 29.1 Å². The number of nitrogens with one attached hydrogen (secondary N) is 1. The molecule has 2 fully saturated rings. The lowest BCUT2D eigenvalue weighted by molar-refractivity contribution is -0.908. The lowest BCUT2D eigenvalue weighted by Crippen LogP contribution is -3.14. The number of carbonyl (C=O) groups excluding carboxylic acids is 2. The largest absolute Gasteiger partial charge is 0.872 e. The number of rotatable bonds is 10. The van der Waals surface area contributed by atoms with Gasteiger partial charge in [0.25, 0.3) is 5.91 Å². The third kappa shape index (κ3) is 6.22. The first-order chi connectivity index (χ1) is 17.9. The van der Waals surface area contributed by atoms with Gasteiger partial charge in [-0.3, -0.25) is 9.59 Å². The first-order valence-electron chi connectivity index (χ1n) is 13.4.